The quantitative estimate of drug-likeness (QED) is 0.849. The van der Waals surface area contributed by atoms with E-state index >= 15 is 0 Å². The molecular weight excluding hydrogens is 358 g/mol. The molecule has 1 aromatic carbocycles. The van der Waals surface area contributed by atoms with Crippen LogP contribution in [0, 0.1) is 25.2 Å². The third-order valence-corrected chi connectivity index (χ3v) is 6.16. The molecule has 1 aromatic heterocycles. The number of furan rings is 1. The van der Waals surface area contributed by atoms with Crippen LogP contribution >= 0.6 is 0 Å². The number of fused-ring (bicyclic) bond motifs is 1. The van der Waals surface area contributed by atoms with Crippen LogP contribution in [0.5, 0.6) is 5.75 Å². The Morgan fingerprint density at radius 3 is 2.82 bits per heavy atom. The smallest absolute Gasteiger partial charge is 0.311 e. The van der Waals surface area contributed by atoms with E-state index in [1.54, 1.807) is 17.0 Å². The Hall–Kier alpha value is -2.76. The molecule has 1 amide bonds. The van der Waals surface area contributed by atoms with Crippen LogP contribution in [0.3, 0.4) is 0 Å². The summed E-state index contributed by atoms with van der Waals surface area (Å²) >= 11 is 0. The number of carbonyl (C=O) groups excluding carboxylic acids is 1. The van der Waals surface area contributed by atoms with Gasteiger partial charge in [-0.25, -0.2) is 0 Å². The molecule has 148 valence electrons. The van der Waals surface area contributed by atoms with Crippen LogP contribution in [0.4, 0.5) is 0 Å². The zero-order valence-electron chi connectivity index (χ0n) is 16.2. The Morgan fingerprint density at radius 2 is 2.11 bits per heavy atom. The number of carboxylic acids is 1. The maximum Gasteiger partial charge on any atom is 0.311 e. The lowest BCUT2D eigenvalue weighted by Gasteiger charge is -2.22. The molecule has 0 radical (unpaired) electrons. The number of benzene rings is 1. The summed E-state index contributed by atoms with van der Waals surface area (Å²) < 4.78 is 11.5. The molecule has 0 bridgehead atoms. The van der Waals surface area contributed by atoms with E-state index in [9.17, 15) is 14.7 Å². The molecular formula is C22H25NO5. The summed E-state index contributed by atoms with van der Waals surface area (Å²) in [4.78, 5) is 26.3. The number of hydrogen-bond donors (Lipinski definition) is 1. The summed E-state index contributed by atoms with van der Waals surface area (Å²) in [6, 6.07) is 9.34. The number of hydrogen-bond acceptors (Lipinski definition) is 4. The fourth-order valence-electron chi connectivity index (χ4n) is 4.63. The van der Waals surface area contributed by atoms with Gasteiger partial charge in [0.05, 0.1) is 5.41 Å². The molecule has 6 heteroatoms. The van der Waals surface area contributed by atoms with Crippen molar-refractivity contribution in [3.63, 3.8) is 0 Å². The molecule has 1 aliphatic carbocycles. The number of amides is 1. The highest BCUT2D eigenvalue weighted by molar-refractivity contribution is 5.92. The van der Waals surface area contributed by atoms with Crippen LogP contribution in [0.25, 0.3) is 0 Å². The molecule has 2 aromatic rings. The van der Waals surface area contributed by atoms with Crippen molar-refractivity contribution in [3.05, 3.63) is 53.0 Å². The van der Waals surface area contributed by atoms with Crippen LogP contribution in [-0.2, 0) is 11.4 Å². The van der Waals surface area contributed by atoms with E-state index in [0.29, 0.717) is 18.7 Å². The van der Waals surface area contributed by atoms with Crippen molar-refractivity contribution in [1.29, 1.82) is 0 Å². The average Bonchev–Trinajstić information content (AvgIpc) is 3.34. The van der Waals surface area contributed by atoms with Crippen LogP contribution in [-0.4, -0.2) is 35.0 Å². The molecule has 1 N–H and O–H groups in total. The Balaban J connectivity index is 1.42. The normalized spacial score (nSPS) is 23.6. The summed E-state index contributed by atoms with van der Waals surface area (Å²) in [5, 5.41) is 9.69. The molecule has 1 aliphatic heterocycles. The number of rotatable bonds is 5. The van der Waals surface area contributed by atoms with Gasteiger partial charge in [0.1, 0.15) is 18.1 Å². The third-order valence-electron chi connectivity index (χ3n) is 6.16. The molecule has 6 nitrogen and oxygen atoms in total. The number of nitrogens with zero attached hydrogens (tertiary/aromatic N) is 1. The monoisotopic (exact) mass is 383 g/mol. The van der Waals surface area contributed by atoms with E-state index in [-0.39, 0.29) is 30.7 Å². The van der Waals surface area contributed by atoms with E-state index in [1.165, 1.54) is 5.56 Å². The molecule has 4 rings (SSSR count). The molecule has 2 aliphatic rings. The standard InChI is InChI=1S/C22H25NO5/c1-14-5-7-18(15(2)10-14)27-12-17-6-8-19(28-17)20(24)23-11-16-4-3-9-22(16,13-23)21(25)26/h5-8,10,16H,3-4,9,11-13H2,1-2H3,(H,25,26)/t16-,22+/m0/s1. The molecule has 0 unspecified atom stereocenters. The van der Waals surface area contributed by atoms with Crippen LogP contribution < -0.4 is 4.74 Å². The first-order valence-corrected chi connectivity index (χ1v) is 9.70. The van der Waals surface area contributed by atoms with Gasteiger partial charge in [-0.05, 0) is 56.4 Å². The molecule has 1 saturated carbocycles. The molecule has 2 atom stereocenters. The summed E-state index contributed by atoms with van der Waals surface area (Å²) in [7, 11) is 0. The fraction of sp³-hybridized carbons (Fsp3) is 0.455. The van der Waals surface area contributed by atoms with Gasteiger partial charge in [0.15, 0.2) is 5.76 Å². The number of ether oxygens (including phenoxy) is 1. The molecule has 2 heterocycles. The van der Waals surface area contributed by atoms with E-state index in [0.717, 1.165) is 24.2 Å². The predicted molar refractivity (Wildman–Crippen MR) is 102 cm³/mol. The van der Waals surface area contributed by atoms with Gasteiger partial charge >= 0.3 is 5.97 Å². The Bertz CT molecular complexity index is 917. The van der Waals surface area contributed by atoms with Crippen molar-refractivity contribution >= 4 is 11.9 Å². The van der Waals surface area contributed by atoms with E-state index in [1.807, 2.05) is 26.0 Å². The number of aliphatic carboxylic acids is 1. The predicted octanol–water partition coefficient (Wildman–Crippen LogP) is 3.80. The second-order valence-electron chi connectivity index (χ2n) is 8.06. The first-order valence-electron chi connectivity index (χ1n) is 9.70. The largest absolute Gasteiger partial charge is 0.485 e. The van der Waals surface area contributed by atoms with Gasteiger partial charge in [-0.2, -0.15) is 0 Å². The van der Waals surface area contributed by atoms with Gasteiger partial charge in [0.25, 0.3) is 5.91 Å². The van der Waals surface area contributed by atoms with Crippen molar-refractivity contribution in [2.24, 2.45) is 11.3 Å². The van der Waals surface area contributed by atoms with Gasteiger partial charge in [0.2, 0.25) is 0 Å². The molecule has 28 heavy (non-hydrogen) atoms. The second kappa shape index (κ2) is 7.00. The molecule has 0 spiro atoms. The third kappa shape index (κ3) is 3.17. The lowest BCUT2D eigenvalue weighted by Crippen LogP contribution is -2.37. The Morgan fingerprint density at radius 1 is 1.29 bits per heavy atom. The van der Waals surface area contributed by atoms with Crippen molar-refractivity contribution in [1.82, 2.24) is 4.90 Å². The molecule has 2 fully saturated rings. The Kier molecular flexibility index (Phi) is 4.65. The van der Waals surface area contributed by atoms with Crippen LogP contribution in [0.15, 0.2) is 34.7 Å². The fourth-order valence-corrected chi connectivity index (χ4v) is 4.63. The van der Waals surface area contributed by atoms with Gasteiger partial charge in [-0.1, -0.05) is 24.1 Å². The minimum Gasteiger partial charge on any atom is -0.485 e. The van der Waals surface area contributed by atoms with Gasteiger partial charge in [-0.15, -0.1) is 0 Å². The highest BCUT2D eigenvalue weighted by Crippen LogP contribution is 2.49. The van der Waals surface area contributed by atoms with E-state index < -0.39 is 11.4 Å². The zero-order valence-corrected chi connectivity index (χ0v) is 16.2. The highest BCUT2D eigenvalue weighted by Gasteiger charge is 2.56. The van der Waals surface area contributed by atoms with Gasteiger partial charge in [0, 0.05) is 13.1 Å². The summed E-state index contributed by atoms with van der Waals surface area (Å²) in [5.74, 6) is 0.595. The van der Waals surface area contributed by atoms with Gasteiger partial charge in [-0.3, -0.25) is 9.59 Å². The highest BCUT2D eigenvalue weighted by atomic mass is 16.5. The van der Waals surface area contributed by atoms with Crippen molar-refractivity contribution in [3.8, 4) is 5.75 Å². The van der Waals surface area contributed by atoms with E-state index in [4.69, 9.17) is 9.15 Å². The first-order chi connectivity index (χ1) is 13.4. The SMILES string of the molecule is Cc1ccc(OCc2ccc(C(=O)N3C[C@@H]4CCC[C@@]4(C(=O)O)C3)o2)c(C)c1. The lowest BCUT2D eigenvalue weighted by molar-refractivity contribution is -0.149. The van der Waals surface area contributed by atoms with Crippen LogP contribution in [0.2, 0.25) is 0 Å². The number of likely N-dealkylation sites (tertiary alicyclic amines) is 1. The van der Waals surface area contributed by atoms with E-state index in [2.05, 4.69) is 6.07 Å². The van der Waals surface area contributed by atoms with Crippen molar-refractivity contribution in [2.75, 3.05) is 13.1 Å². The maximum atomic E-state index is 12.8. The first kappa shape index (κ1) is 18.6. The average molecular weight is 383 g/mol. The summed E-state index contributed by atoms with van der Waals surface area (Å²) in [5.41, 5.74) is 1.44. The topological polar surface area (TPSA) is 80.0 Å². The van der Waals surface area contributed by atoms with Crippen LogP contribution in [0.1, 0.15) is 46.7 Å². The minimum absolute atomic E-state index is 0.0382. The van der Waals surface area contributed by atoms with Crippen molar-refractivity contribution in [2.45, 2.75) is 39.7 Å². The van der Waals surface area contributed by atoms with Crippen molar-refractivity contribution < 1.29 is 23.8 Å². The number of aryl methyl sites for hydroxylation is 2. The second-order valence-corrected chi connectivity index (χ2v) is 8.06. The summed E-state index contributed by atoms with van der Waals surface area (Å²) in [6.07, 6.45) is 2.42. The maximum absolute atomic E-state index is 12.8. The minimum atomic E-state index is -0.785. The Labute approximate surface area is 164 Å². The zero-order chi connectivity index (χ0) is 19.9. The number of carboxylic acid groups (broad SMARTS) is 1. The summed E-state index contributed by atoms with van der Waals surface area (Å²) in [6.45, 7) is 5.00. The molecule has 1 saturated heterocycles. The lowest BCUT2D eigenvalue weighted by atomic mass is 9.81. The number of carbonyl (C=O) groups is 2. The van der Waals surface area contributed by atoms with Gasteiger partial charge < -0.3 is 19.2 Å².